The molecule has 7 heteroatoms. The number of benzene rings is 1. The Labute approximate surface area is 169 Å². The molecule has 1 aliphatic rings. The normalized spacial score (nSPS) is 16.9. The van der Waals surface area contributed by atoms with E-state index in [-0.39, 0.29) is 5.56 Å². The van der Waals surface area contributed by atoms with Crippen LogP contribution in [-0.2, 0) is 6.54 Å². The first kappa shape index (κ1) is 19.4. The lowest BCUT2D eigenvalue weighted by molar-refractivity contribution is 0.202. The van der Waals surface area contributed by atoms with E-state index >= 15 is 0 Å². The Morgan fingerprint density at radius 1 is 1.21 bits per heavy atom. The lowest BCUT2D eigenvalue weighted by Crippen LogP contribution is -2.37. The fraction of sp³-hybridized carbons (Fsp3) is 0.409. The van der Waals surface area contributed by atoms with Crippen LogP contribution in [-0.4, -0.2) is 39.2 Å². The van der Waals surface area contributed by atoms with Crippen molar-refractivity contribution in [2.45, 2.75) is 39.2 Å². The number of fused-ring (bicyclic) bond motifs is 1. The monoisotopic (exact) mass is 393 g/mol. The zero-order valence-electron chi connectivity index (χ0n) is 17.0. The molecule has 0 unspecified atom stereocenters. The average molecular weight is 393 g/mol. The summed E-state index contributed by atoms with van der Waals surface area (Å²) < 4.78 is 7.20. The Morgan fingerprint density at radius 2 is 1.97 bits per heavy atom. The van der Waals surface area contributed by atoms with Crippen LogP contribution in [0.15, 0.2) is 51.7 Å². The summed E-state index contributed by atoms with van der Waals surface area (Å²) in [4.78, 5) is 19.3. The molecule has 152 valence electrons. The Hall–Kier alpha value is -2.93. The first-order valence-corrected chi connectivity index (χ1v) is 10.1. The highest BCUT2D eigenvalue weighted by Gasteiger charge is 2.24. The first-order chi connectivity index (χ1) is 14.0. The summed E-state index contributed by atoms with van der Waals surface area (Å²) in [7, 11) is 0. The van der Waals surface area contributed by atoms with Crippen molar-refractivity contribution in [3.05, 3.63) is 64.1 Å². The summed E-state index contributed by atoms with van der Waals surface area (Å²) in [5, 5.41) is 5.45. The summed E-state index contributed by atoms with van der Waals surface area (Å²) in [5.41, 5.74) is 9.48. The first-order valence-electron chi connectivity index (χ1n) is 10.1. The number of allylic oxidation sites excluding steroid dienone is 2. The molecule has 2 N–H and O–H groups in total. The Kier molecular flexibility index (Phi) is 5.49. The van der Waals surface area contributed by atoms with E-state index in [1.807, 2.05) is 25.1 Å². The van der Waals surface area contributed by atoms with Gasteiger partial charge in [0, 0.05) is 42.5 Å². The van der Waals surface area contributed by atoms with E-state index in [4.69, 9.17) is 10.3 Å². The van der Waals surface area contributed by atoms with Crippen LogP contribution in [0, 0.1) is 0 Å². The maximum atomic E-state index is 12.7. The predicted molar refractivity (Wildman–Crippen MR) is 113 cm³/mol. The zero-order chi connectivity index (χ0) is 20.4. The molecule has 1 fully saturated rings. The number of hydrogen-bond donors (Lipinski definition) is 1. The molecule has 3 aromatic rings. The third-order valence-electron chi connectivity index (χ3n) is 5.90. The number of rotatable bonds is 5. The third kappa shape index (κ3) is 3.96. The summed E-state index contributed by atoms with van der Waals surface area (Å²) in [6.07, 6.45) is 5.51. The summed E-state index contributed by atoms with van der Waals surface area (Å²) in [6.45, 7) is 7.07. The summed E-state index contributed by atoms with van der Waals surface area (Å²) >= 11 is 0. The van der Waals surface area contributed by atoms with Crippen LogP contribution < -0.4 is 11.3 Å². The van der Waals surface area contributed by atoms with Gasteiger partial charge in [-0.15, -0.1) is 0 Å². The molecule has 1 aliphatic heterocycles. The molecule has 0 spiro atoms. The van der Waals surface area contributed by atoms with Gasteiger partial charge in [-0.3, -0.25) is 4.79 Å². The van der Waals surface area contributed by atoms with E-state index in [0.717, 1.165) is 54.7 Å². The second-order valence-corrected chi connectivity index (χ2v) is 7.76. The van der Waals surface area contributed by atoms with Gasteiger partial charge in [-0.1, -0.05) is 17.3 Å². The number of nitrogens with zero attached hydrogens (tertiary/aromatic N) is 4. The fourth-order valence-electron chi connectivity index (χ4n) is 3.95. The lowest BCUT2D eigenvalue weighted by Gasteiger charge is -2.31. The topological polar surface area (TPSA) is 90.2 Å². The molecule has 0 aliphatic carbocycles. The van der Waals surface area contributed by atoms with Crippen molar-refractivity contribution >= 4 is 16.5 Å². The third-order valence-corrected chi connectivity index (χ3v) is 5.90. The highest BCUT2D eigenvalue weighted by Crippen LogP contribution is 2.32. The highest BCUT2D eigenvalue weighted by atomic mass is 16.5. The van der Waals surface area contributed by atoms with Crippen molar-refractivity contribution in [2.24, 2.45) is 5.73 Å². The van der Waals surface area contributed by atoms with Crippen LogP contribution >= 0.6 is 0 Å². The molecule has 29 heavy (non-hydrogen) atoms. The minimum absolute atomic E-state index is 0.0845. The molecular formula is C22H27N5O2. The van der Waals surface area contributed by atoms with Crippen molar-refractivity contribution in [3.8, 4) is 0 Å². The van der Waals surface area contributed by atoms with Gasteiger partial charge in [0.2, 0.25) is 0 Å². The number of para-hydroxylation sites is 1. The van der Waals surface area contributed by atoms with Crippen molar-refractivity contribution in [2.75, 3.05) is 19.6 Å². The van der Waals surface area contributed by atoms with Crippen LogP contribution in [0.4, 0.5) is 0 Å². The minimum Gasteiger partial charge on any atom is -0.402 e. The molecule has 0 atom stereocenters. The van der Waals surface area contributed by atoms with Gasteiger partial charge in [0.1, 0.15) is 5.69 Å². The van der Waals surface area contributed by atoms with Crippen LogP contribution in [0.5, 0.6) is 0 Å². The average Bonchev–Trinajstić information content (AvgIpc) is 3.17. The molecule has 0 saturated carbocycles. The highest BCUT2D eigenvalue weighted by molar-refractivity contribution is 5.79. The summed E-state index contributed by atoms with van der Waals surface area (Å²) in [6, 6.07) is 8.05. The van der Waals surface area contributed by atoms with Crippen LogP contribution in [0.2, 0.25) is 0 Å². The van der Waals surface area contributed by atoms with Gasteiger partial charge in [-0.25, -0.2) is 4.98 Å². The Bertz CT molecular complexity index is 1090. The predicted octanol–water partition coefficient (Wildman–Crippen LogP) is 2.97. The zero-order valence-corrected chi connectivity index (χ0v) is 17.0. The van der Waals surface area contributed by atoms with Gasteiger partial charge in [0.05, 0.1) is 5.69 Å². The summed E-state index contributed by atoms with van der Waals surface area (Å²) in [5.74, 6) is 0.422. The largest absolute Gasteiger partial charge is 0.402 e. The second kappa shape index (κ2) is 8.21. The number of likely N-dealkylation sites (tertiary alicyclic amines) is 1. The maximum Gasteiger partial charge on any atom is 0.276 e. The quantitative estimate of drug-likeness (QED) is 0.717. The molecule has 1 aromatic carbocycles. The van der Waals surface area contributed by atoms with Gasteiger partial charge in [0.25, 0.3) is 5.56 Å². The van der Waals surface area contributed by atoms with E-state index in [9.17, 15) is 4.79 Å². The molecule has 7 nitrogen and oxygen atoms in total. The molecule has 2 aromatic heterocycles. The molecule has 0 bridgehead atoms. The minimum atomic E-state index is -0.0845. The van der Waals surface area contributed by atoms with Gasteiger partial charge < -0.3 is 19.7 Å². The number of hydrogen-bond acceptors (Lipinski definition) is 6. The van der Waals surface area contributed by atoms with Crippen molar-refractivity contribution in [1.29, 1.82) is 0 Å². The SMILES string of the molecule is C/C(N)=C(\C)c1nccn(CCN2CCC(c3noc4ccccc34)CC2)c1=O. The number of nitrogens with two attached hydrogens (primary N) is 1. The van der Waals surface area contributed by atoms with Crippen molar-refractivity contribution < 1.29 is 4.52 Å². The molecule has 4 rings (SSSR count). The second-order valence-electron chi connectivity index (χ2n) is 7.76. The molecule has 0 radical (unpaired) electrons. The van der Waals surface area contributed by atoms with E-state index in [0.29, 0.717) is 23.9 Å². The molecule has 3 heterocycles. The maximum absolute atomic E-state index is 12.7. The van der Waals surface area contributed by atoms with Crippen molar-refractivity contribution in [3.63, 3.8) is 0 Å². The Morgan fingerprint density at radius 3 is 2.72 bits per heavy atom. The molecular weight excluding hydrogens is 366 g/mol. The van der Waals surface area contributed by atoms with Crippen LogP contribution in [0.25, 0.3) is 16.5 Å². The number of aromatic nitrogens is 3. The molecule has 0 amide bonds. The van der Waals surface area contributed by atoms with Crippen LogP contribution in [0.3, 0.4) is 0 Å². The van der Waals surface area contributed by atoms with Gasteiger partial charge in [-0.2, -0.15) is 0 Å². The molecule has 1 saturated heterocycles. The Balaban J connectivity index is 1.38. The van der Waals surface area contributed by atoms with Crippen LogP contribution in [0.1, 0.15) is 44.0 Å². The van der Waals surface area contributed by atoms with Gasteiger partial charge >= 0.3 is 0 Å². The van der Waals surface area contributed by atoms with Gasteiger partial charge in [-0.05, 0) is 57.5 Å². The van der Waals surface area contributed by atoms with Gasteiger partial charge in [0.15, 0.2) is 5.58 Å². The number of piperidine rings is 1. The van der Waals surface area contributed by atoms with E-state index in [1.54, 1.807) is 23.9 Å². The fourth-order valence-corrected chi connectivity index (χ4v) is 3.95. The standard InChI is InChI=1S/C22H27N5O2/c1-15(16(2)23)20-22(28)27(12-9-24-20)14-13-26-10-7-17(8-11-26)21-18-5-3-4-6-19(18)29-25-21/h3-6,9,12,17H,7-8,10-11,13-14,23H2,1-2H3/b16-15-. The van der Waals surface area contributed by atoms with E-state index in [2.05, 4.69) is 21.1 Å². The van der Waals surface area contributed by atoms with E-state index < -0.39 is 0 Å². The lowest BCUT2D eigenvalue weighted by atomic mass is 9.91. The smallest absolute Gasteiger partial charge is 0.276 e. The van der Waals surface area contributed by atoms with E-state index in [1.165, 1.54) is 0 Å². The van der Waals surface area contributed by atoms with Crippen molar-refractivity contribution in [1.82, 2.24) is 19.6 Å².